The zero-order valence-electron chi connectivity index (χ0n) is 12.2. The molecule has 7 nitrogen and oxygen atoms in total. The number of nitrogens with one attached hydrogen (secondary N) is 1. The number of furan rings is 1. The zero-order chi connectivity index (χ0) is 15.7. The number of hydrogen-bond acceptors (Lipinski definition) is 5. The normalized spacial score (nSPS) is 18.6. The van der Waals surface area contributed by atoms with Crippen molar-refractivity contribution < 1.29 is 14.1 Å². The van der Waals surface area contributed by atoms with Gasteiger partial charge in [-0.3, -0.25) is 14.9 Å². The molecule has 7 heteroatoms. The van der Waals surface area contributed by atoms with E-state index in [9.17, 15) is 14.9 Å². The second-order valence-corrected chi connectivity index (χ2v) is 5.47. The maximum Gasteiger partial charge on any atom is 0.289 e. The van der Waals surface area contributed by atoms with E-state index in [1.165, 1.54) is 18.2 Å². The average molecular weight is 303 g/mol. The van der Waals surface area contributed by atoms with Gasteiger partial charge in [-0.1, -0.05) is 0 Å². The van der Waals surface area contributed by atoms with Crippen LogP contribution in [-0.4, -0.2) is 41.9 Å². The molecule has 2 aromatic rings. The first-order chi connectivity index (χ1) is 10.6. The first-order valence-corrected chi connectivity index (χ1v) is 7.23. The van der Waals surface area contributed by atoms with Gasteiger partial charge in [0.05, 0.1) is 4.92 Å². The number of rotatable bonds is 3. The van der Waals surface area contributed by atoms with E-state index in [1.54, 1.807) is 11.0 Å². The lowest BCUT2D eigenvalue weighted by molar-refractivity contribution is -0.384. The predicted molar refractivity (Wildman–Crippen MR) is 80.9 cm³/mol. The van der Waals surface area contributed by atoms with Crippen molar-refractivity contribution in [1.29, 1.82) is 0 Å². The fraction of sp³-hybridized carbons (Fsp3) is 0.400. The lowest BCUT2D eigenvalue weighted by atomic mass is 10.1. The molecule has 1 atom stereocenters. The quantitative estimate of drug-likeness (QED) is 0.693. The second kappa shape index (κ2) is 5.76. The number of nitro groups is 1. The lowest BCUT2D eigenvalue weighted by Crippen LogP contribution is -2.46. The molecule has 0 aliphatic carbocycles. The molecular weight excluding hydrogens is 286 g/mol. The number of amides is 1. The third-order valence-electron chi connectivity index (χ3n) is 4.04. The fourth-order valence-corrected chi connectivity index (χ4v) is 2.80. The third kappa shape index (κ3) is 2.67. The summed E-state index contributed by atoms with van der Waals surface area (Å²) in [5.74, 6) is 0.0612. The van der Waals surface area contributed by atoms with E-state index in [0.717, 1.165) is 12.8 Å². The summed E-state index contributed by atoms with van der Waals surface area (Å²) in [7, 11) is 1.89. The van der Waals surface area contributed by atoms with E-state index >= 15 is 0 Å². The number of nitro benzene ring substituents is 1. The Labute approximate surface area is 127 Å². The molecule has 0 bridgehead atoms. The summed E-state index contributed by atoms with van der Waals surface area (Å²) < 4.78 is 5.55. The van der Waals surface area contributed by atoms with Crippen molar-refractivity contribution in [3.05, 3.63) is 40.1 Å². The molecule has 1 aliphatic rings. The standard InChI is InChI=1S/C15H17N3O4/c1-16-11-3-2-6-17(9-11)15(19)14-8-10-7-12(18(20)21)4-5-13(10)22-14/h4-5,7-8,11,16H,2-3,6,9H2,1H3. The molecule has 1 aromatic heterocycles. The van der Waals surface area contributed by atoms with Gasteiger partial charge in [-0.25, -0.2) is 0 Å². The lowest BCUT2D eigenvalue weighted by Gasteiger charge is -2.31. The SMILES string of the molecule is CNC1CCCN(C(=O)c2cc3cc([N+](=O)[O-])ccc3o2)C1. The molecule has 2 heterocycles. The molecule has 3 rings (SSSR count). The third-order valence-corrected chi connectivity index (χ3v) is 4.04. The van der Waals surface area contributed by atoms with Crippen LogP contribution in [0.5, 0.6) is 0 Å². The molecular formula is C15H17N3O4. The number of nitrogens with zero attached hydrogens (tertiary/aromatic N) is 2. The molecule has 0 saturated carbocycles. The minimum absolute atomic E-state index is 0.0134. The molecule has 1 amide bonds. The Hall–Kier alpha value is -2.41. The maximum absolute atomic E-state index is 12.5. The van der Waals surface area contributed by atoms with Crippen LogP contribution in [0.25, 0.3) is 11.0 Å². The number of non-ortho nitro benzene ring substituents is 1. The summed E-state index contributed by atoms with van der Waals surface area (Å²) >= 11 is 0. The maximum atomic E-state index is 12.5. The highest BCUT2D eigenvalue weighted by molar-refractivity contribution is 5.96. The number of hydrogen-bond donors (Lipinski definition) is 1. The molecule has 22 heavy (non-hydrogen) atoms. The van der Waals surface area contributed by atoms with Crippen LogP contribution in [0.4, 0.5) is 5.69 Å². The summed E-state index contributed by atoms with van der Waals surface area (Å²) in [6, 6.07) is 6.19. The van der Waals surface area contributed by atoms with Gasteiger partial charge >= 0.3 is 0 Å². The predicted octanol–water partition coefficient (Wildman–Crippen LogP) is 2.17. The van der Waals surface area contributed by atoms with Crippen molar-refractivity contribution in [2.75, 3.05) is 20.1 Å². The van der Waals surface area contributed by atoms with E-state index < -0.39 is 4.92 Å². The molecule has 1 N–H and O–H groups in total. The van der Waals surface area contributed by atoms with Crippen LogP contribution >= 0.6 is 0 Å². The first kappa shape index (κ1) is 14.5. The highest BCUT2D eigenvalue weighted by atomic mass is 16.6. The van der Waals surface area contributed by atoms with Gasteiger partial charge in [0.1, 0.15) is 5.58 Å². The van der Waals surface area contributed by atoms with Crippen LogP contribution in [-0.2, 0) is 0 Å². The molecule has 1 aliphatic heterocycles. The first-order valence-electron chi connectivity index (χ1n) is 7.23. The van der Waals surface area contributed by atoms with Gasteiger partial charge in [0, 0.05) is 36.7 Å². The van der Waals surface area contributed by atoms with Gasteiger partial charge in [-0.15, -0.1) is 0 Å². The average Bonchev–Trinajstić information content (AvgIpc) is 2.97. The fourth-order valence-electron chi connectivity index (χ4n) is 2.80. The van der Waals surface area contributed by atoms with Crippen molar-refractivity contribution >= 4 is 22.6 Å². The smallest absolute Gasteiger partial charge is 0.289 e. The molecule has 0 spiro atoms. The number of carbonyl (C=O) groups excluding carboxylic acids is 1. The Morgan fingerprint density at radius 2 is 2.27 bits per heavy atom. The van der Waals surface area contributed by atoms with Crippen LogP contribution in [0, 0.1) is 10.1 Å². The number of benzene rings is 1. The van der Waals surface area contributed by atoms with Crippen LogP contribution in [0.1, 0.15) is 23.4 Å². The van der Waals surface area contributed by atoms with Gasteiger partial charge in [-0.2, -0.15) is 0 Å². The highest BCUT2D eigenvalue weighted by Crippen LogP contribution is 2.25. The van der Waals surface area contributed by atoms with Gasteiger partial charge in [0.15, 0.2) is 5.76 Å². The highest BCUT2D eigenvalue weighted by Gasteiger charge is 2.26. The monoisotopic (exact) mass is 303 g/mol. The summed E-state index contributed by atoms with van der Waals surface area (Å²) in [4.78, 5) is 24.6. The minimum Gasteiger partial charge on any atom is -0.451 e. The van der Waals surface area contributed by atoms with Gasteiger partial charge in [-0.05, 0) is 32.0 Å². The van der Waals surface area contributed by atoms with E-state index in [-0.39, 0.29) is 17.4 Å². The molecule has 1 fully saturated rings. The number of carbonyl (C=O) groups is 1. The van der Waals surface area contributed by atoms with E-state index in [4.69, 9.17) is 4.42 Å². The number of piperidine rings is 1. The van der Waals surface area contributed by atoms with Crippen molar-refractivity contribution in [2.45, 2.75) is 18.9 Å². The van der Waals surface area contributed by atoms with Crippen molar-refractivity contribution in [3.63, 3.8) is 0 Å². The Morgan fingerprint density at radius 3 is 3.00 bits per heavy atom. The molecule has 1 saturated heterocycles. The van der Waals surface area contributed by atoms with Gasteiger partial charge in [0.2, 0.25) is 0 Å². The van der Waals surface area contributed by atoms with Crippen LogP contribution in [0.2, 0.25) is 0 Å². The van der Waals surface area contributed by atoms with Crippen molar-refractivity contribution in [1.82, 2.24) is 10.2 Å². The molecule has 1 unspecified atom stereocenters. The molecule has 116 valence electrons. The largest absolute Gasteiger partial charge is 0.451 e. The van der Waals surface area contributed by atoms with E-state index in [1.807, 2.05) is 7.05 Å². The van der Waals surface area contributed by atoms with Gasteiger partial charge < -0.3 is 14.6 Å². The molecule has 0 radical (unpaired) electrons. The summed E-state index contributed by atoms with van der Waals surface area (Å²) in [5.41, 5.74) is 0.469. The Balaban J connectivity index is 1.86. The Morgan fingerprint density at radius 1 is 1.45 bits per heavy atom. The van der Waals surface area contributed by atoms with E-state index in [0.29, 0.717) is 30.1 Å². The summed E-state index contributed by atoms with van der Waals surface area (Å²) in [6.07, 6.45) is 2.00. The Kier molecular flexibility index (Phi) is 3.81. The minimum atomic E-state index is -0.462. The second-order valence-electron chi connectivity index (χ2n) is 5.47. The Bertz CT molecular complexity index is 725. The topological polar surface area (TPSA) is 88.6 Å². The van der Waals surface area contributed by atoms with E-state index in [2.05, 4.69) is 5.32 Å². The number of fused-ring (bicyclic) bond motifs is 1. The summed E-state index contributed by atoms with van der Waals surface area (Å²) in [5, 5.41) is 14.6. The van der Waals surface area contributed by atoms with Crippen LogP contribution in [0.15, 0.2) is 28.7 Å². The molecule has 1 aromatic carbocycles. The van der Waals surface area contributed by atoms with Crippen LogP contribution in [0.3, 0.4) is 0 Å². The van der Waals surface area contributed by atoms with Crippen LogP contribution < -0.4 is 5.32 Å². The van der Waals surface area contributed by atoms with Gasteiger partial charge in [0.25, 0.3) is 11.6 Å². The van der Waals surface area contributed by atoms with Crippen molar-refractivity contribution in [2.24, 2.45) is 0 Å². The zero-order valence-corrected chi connectivity index (χ0v) is 12.2. The van der Waals surface area contributed by atoms with Crippen molar-refractivity contribution in [3.8, 4) is 0 Å². The summed E-state index contributed by atoms with van der Waals surface area (Å²) in [6.45, 7) is 1.35. The number of likely N-dealkylation sites (N-methyl/N-ethyl adjacent to an activating group) is 1. The number of likely N-dealkylation sites (tertiary alicyclic amines) is 1.